The van der Waals surface area contributed by atoms with E-state index in [1.807, 2.05) is 4.57 Å². The van der Waals surface area contributed by atoms with Crippen LogP contribution in [-0.2, 0) is 4.74 Å². The van der Waals surface area contributed by atoms with Gasteiger partial charge in [-0.05, 0) is 13.3 Å². The van der Waals surface area contributed by atoms with E-state index in [9.17, 15) is 4.79 Å². The molecule has 1 unspecified atom stereocenters. The fourth-order valence-corrected chi connectivity index (χ4v) is 1.23. The van der Waals surface area contributed by atoms with Gasteiger partial charge in [-0.3, -0.25) is 4.79 Å². The van der Waals surface area contributed by atoms with Crippen LogP contribution in [0.3, 0.4) is 0 Å². The molecule has 0 aliphatic heterocycles. The van der Waals surface area contributed by atoms with Crippen molar-refractivity contribution < 1.29 is 4.74 Å². The van der Waals surface area contributed by atoms with Crippen LogP contribution >= 0.6 is 0 Å². The first-order chi connectivity index (χ1) is 6.65. The van der Waals surface area contributed by atoms with Gasteiger partial charge in [-0.1, -0.05) is 0 Å². The lowest BCUT2D eigenvalue weighted by molar-refractivity contribution is 0.181. The van der Waals surface area contributed by atoms with Crippen LogP contribution in [0.5, 0.6) is 0 Å². The molecule has 14 heavy (non-hydrogen) atoms. The Kier molecular flexibility index (Phi) is 3.71. The molecule has 1 aromatic heterocycles. The van der Waals surface area contributed by atoms with Crippen LogP contribution in [0, 0.1) is 0 Å². The van der Waals surface area contributed by atoms with Crippen LogP contribution in [0.1, 0.15) is 19.4 Å². The molecule has 1 atom stereocenters. The van der Waals surface area contributed by atoms with Crippen LogP contribution in [0.25, 0.3) is 0 Å². The number of ether oxygens (including phenoxy) is 1. The Bertz CT molecular complexity index is 346. The van der Waals surface area contributed by atoms with E-state index in [1.54, 1.807) is 19.5 Å². The van der Waals surface area contributed by atoms with Gasteiger partial charge in [-0.2, -0.15) is 0 Å². The third kappa shape index (κ3) is 2.60. The summed E-state index contributed by atoms with van der Waals surface area (Å²) in [6.45, 7) is 2.76. The van der Waals surface area contributed by atoms with E-state index in [0.29, 0.717) is 6.61 Å². The van der Waals surface area contributed by atoms with Crippen LogP contribution in [-0.4, -0.2) is 18.3 Å². The molecule has 1 aromatic rings. The number of rotatable bonds is 4. The second-order valence-electron chi connectivity index (χ2n) is 3.34. The molecule has 4 heteroatoms. The maximum Gasteiger partial charge on any atom is 0.204 e. The normalized spacial score (nSPS) is 12.7. The highest BCUT2D eigenvalue weighted by Gasteiger charge is 2.03. The van der Waals surface area contributed by atoms with E-state index in [2.05, 4.69) is 6.92 Å². The second kappa shape index (κ2) is 4.81. The zero-order valence-electron chi connectivity index (χ0n) is 8.56. The van der Waals surface area contributed by atoms with Gasteiger partial charge in [0.2, 0.25) is 5.43 Å². The molecule has 1 rings (SSSR count). The maximum absolute atomic E-state index is 11.0. The highest BCUT2D eigenvalue weighted by atomic mass is 16.5. The van der Waals surface area contributed by atoms with Crippen molar-refractivity contribution >= 4 is 5.69 Å². The zero-order valence-corrected chi connectivity index (χ0v) is 8.56. The predicted octanol–water partition coefficient (Wildman–Crippen LogP) is 1.03. The van der Waals surface area contributed by atoms with Crippen LogP contribution in [0.2, 0.25) is 0 Å². The Hall–Kier alpha value is -1.29. The van der Waals surface area contributed by atoms with Crippen molar-refractivity contribution in [1.82, 2.24) is 4.57 Å². The molecule has 1 heterocycles. The number of nitrogens with zero attached hydrogens (tertiary/aromatic N) is 1. The number of hydrogen-bond acceptors (Lipinski definition) is 3. The van der Waals surface area contributed by atoms with Crippen molar-refractivity contribution in [2.45, 2.75) is 19.4 Å². The minimum absolute atomic E-state index is 0.125. The van der Waals surface area contributed by atoms with Gasteiger partial charge in [0, 0.05) is 38.2 Å². The van der Waals surface area contributed by atoms with Crippen molar-refractivity contribution in [3.05, 3.63) is 28.7 Å². The number of anilines is 1. The third-order valence-electron chi connectivity index (χ3n) is 2.22. The molecule has 0 amide bonds. The Morgan fingerprint density at radius 1 is 1.64 bits per heavy atom. The average Bonchev–Trinajstić information content (AvgIpc) is 2.18. The number of nitrogen functional groups attached to an aromatic ring is 1. The van der Waals surface area contributed by atoms with E-state index in [-0.39, 0.29) is 17.2 Å². The summed E-state index contributed by atoms with van der Waals surface area (Å²) in [7, 11) is 1.67. The van der Waals surface area contributed by atoms with Gasteiger partial charge in [-0.15, -0.1) is 0 Å². The lowest BCUT2D eigenvalue weighted by atomic mass is 10.2. The van der Waals surface area contributed by atoms with Crippen molar-refractivity contribution in [2.75, 3.05) is 19.5 Å². The molecule has 2 N–H and O–H groups in total. The molecule has 4 nitrogen and oxygen atoms in total. The molecular weight excluding hydrogens is 180 g/mol. The lowest BCUT2D eigenvalue weighted by Gasteiger charge is -2.15. The Morgan fingerprint density at radius 2 is 2.36 bits per heavy atom. The summed E-state index contributed by atoms with van der Waals surface area (Å²) in [5, 5.41) is 0. The van der Waals surface area contributed by atoms with Gasteiger partial charge in [0.05, 0.1) is 5.69 Å². The van der Waals surface area contributed by atoms with Crippen LogP contribution in [0.4, 0.5) is 5.69 Å². The van der Waals surface area contributed by atoms with Crippen molar-refractivity contribution in [2.24, 2.45) is 0 Å². The summed E-state index contributed by atoms with van der Waals surface area (Å²) >= 11 is 0. The molecule has 0 bridgehead atoms. The summed E-state index contributed by atoms with van der Waals surface area (Å²) in [6, 6.07) is 1.77. The molecule has 0 saturated carbocycles. The number of nitrogens with two attached hydrogens (primary N) is 1. The monoisotopic (exact) mass is 196 g/mol. The van der Waals surface area contributed by atoms with Gasteiger partial charge in [0.15, 0.2) is 0 Å². The summed E-state index contributed by atoms with van der Waals surface area (Å²) < 4.78 is 6.91. The summed E-state index contributed by atoms with van der Waals surface area (Å²) in [5.41, 5.74) is 5.69. The summed E-state index contributed by atoms with van der Waals surface area (Å²) in [4.78, 5) is 11.0. The number of hydrogen-bond donors (Lipinski definition) is 1. The molecule has 78 valence electrons. The van der Waals surface area contributed by atoms with E-state index < -0.39 is 0 Å². The first kappa shape index (κ1) is 10.8. The minimum Gasteiger partial charge on any atom is -0.394 e. The first-order valence-electron chi connectivity index (χ1n) is 4.61. The highest BCUT2D eigenvalue weighted by Crippen LogP contribution is 2.10. The predicted molar refractivity (Wildman–Crippen MR) is 56.3 cm³/mol. The van der Waals surface area contributed by atoms with E-state index in [0.717, 1.165) is 6.42 Å². The Morgan fingerprint density at radius 3 is 2.93 bits per heavy atom. The summed E-state index contributed by atoms with van der Waals surface area (Å²) in [6.07, 6.45) is 4.32. The third-order valence-corrected chi connectivity index (χ3v) is 2.22. The Balaban J connectivity index is 2.75. The number of aromatic nitrogens is 1. The Labute approximate surface area is 83.3 Å². The number of pyridine rings is 1. The fraction of sp³-hybridized carbons (Fsp3) is 0.500. The fourth-order valence-electron chi connectivity index (χ4n) is 1.23. The molecule has 0 aromatic carbocycles. The SMILES string of the molecule is COCCC(C)n1ccc(=O)c(N)c1. The van der Waals surface area contributed by atoms with Crippen LogP contribution < -0.4 is 11.2 Å². The zero-order chi connectivity index (χ0) is 10.6. The molecule has 0 aliphatic rings. The van der Waals surface area contributed by atoms with E-state index in [4.69, 9.17) is 10.5 Å². The second-order valence-corrected chi connectivity index (χ2v) is 3.34. The van der Waals surface area contributed by atoms with Gasteiger partial charge in [0.25, 0.3) is 0 Å². The molecule has 0 fully saturated rings. The molecule has 0 spiro atoms. The van der Waals surface area contributed by atoms with Crippen LogP contribution in [0.15, 0.2) is 23.3 Å². The smallest absolute Gasteiger partial charge is 0.204 e. The van der Waals surface area contributed by atoms with Gasteiger partial charge >= 0.3 is 0 Å². The molecule has 0 radical (unpaired) electrons. The first-order valence-corrected chi connectivity index (χ1v) is 4.61. The molecular formula is C10H16N2O2. The summed E-state index contributed by atoms with van der Waals surface area (Å²) in [5.74, 6) is 0. The van der Waals surface area contributed by atoms with Crippen molar-refractivity contribution in [3.63, 3.8) is 0 Å². The lowest BCUT2D eigenvalue weighted by Crippen LogP contribution is -2.14. The van der Waals surface area contributed by atoms with Gasteiger partial charge < -0.3 is 15.0 Å². The minimum atomic E-state index is -0.125. The quantitative estimate of drug-likeness (QED) is 0.782. The van der Waals surface area contributed by atoms with Crippen molar-refractivity contribution in [3.8, 4) is 0 Å². The topological polar surface area (TPSA) is 57.2 Å². The molecule has 0 aliphatic carbocycles. The number of methoxy groups -OCH3 is 1. The van der Waals surface area contributed by atoms with E-state index in [1.165, 1.54) is 6.07 Å². The van der Waals surface area contributed by atoms with E-state index >= 15 is 0 Å². The van der Waals surface area contributed by atoms with Crippen molar-refractivity contribution in [1.29, 1.82) is 0 Å². The van der Waals surface area contributed by atoms with Gasteiger partial charge in [0.1, 0.15) is 0 Å². The average molecular weight is 196 g/mol. The maximum atomic E-state index is 11.0. The standard InChI is InChI=1S/C10H16N2O2/c1-8(4-6-14-2)12-5-3-10(13)9(11)7-12/h3,5,7-8H,4,6,11H2,1-2H3. The largest absolute Gasteiger partial charge is 0.394 e. The highest BCUT2D eigenvalue weighted by molar-refractivity contribution is 5.33. The van der Waals surface area contributed by atoms with Gasteiger partial charge in [-0.25, -0.2) is 0 Å². The molecule has 0 saturated heterocycles.